The summed E-state index contributed by atoms with van der Waals surface area (Å²) in [7, 11) is 0. The Morgan fingerprint density at radius 3 is 2.79 bits per heavy atom. The second kappa shape index (κ2) is 6.48. The van der Waals surface area contributed by atoms with Gasteiger partial charge >= 0.3 is 0 Å². The van der Waals surface area contributed by atoms with Gasteiger partial charge in [-0.15, -0.1) is 0 Å². The van der Waals surface area contributed by atoms with Gasteiger partial charge in [-0.1, -0.05) is 17.7 Å². The zero-order valence-electron chi connectivity index (χ0n) is 14.2. The van der Waals surface area contributed by atoms with Crippen molar-refractivity contribution < 1.29 is 9.53 Å². The molecule has 3 rings (SSSR count). The largest absolute Gasteiger partial charge is 0.492 e. The van der Waals surface area contributed by atoms with Gasteiger partial charge in [-0.3, -0.25) is 4.79 Å². The van der Waals surface area contributed by atoms with E-state index in [0.717, 1.165) is 0 Å². The van der Waals surface area contributed by atoms with Crippen LogP contribution in [-0.4, -0.2) is 22.3 Å². The average Bonchev–Trinajstić information content (AvgIpc) is 3.21. The van der Waals surface area contributed by atoms with Crippen molar-refractivity contribution in [3.05, 3.63) is 41.0 Å². The third-order valence-electron chi connectivity index (χ3n) is 3.89. The molecule has 1 aliphatic carbocycles. The van der Waals surface area contributed by atoms with E-state index in [9.17, 15) is 4.79 Å². The molecule has 128 valence electrons. The predicted octanol–water partition coefficient (Wildman–Crippen LogP) is 4.33. The maximum absolute atomic E-state index is 12.8. The number of carbonyl (C=O) groups is 1. The van der Waals surface area contributed by atoms with E-state index in [2.05, 4.69) is 10.4 Å². The number of nitrogens with zero attached hydrogens (tertiary/aromatic N) is 2. The van der Waals surface area contributed by atoms with Gasteiger partial charge in [0.15, 0.2) is 0 Å². The van der Waals surface area contributed by atoms with Crippen LogP contribution in [-0.2, 0) is 5.54 Å². The maximum Gasteiger partial charge on any atom is 0.262 e. The lowest BCUT2D eigenvalue weighted by molar-refractivity contribution is 0.102. The number of anilines is 1. The number of ether oxygens (including phenoxy) is 1. The summed E-state index contributed by atoms with van der Waals surface area (Å²) in [5, 5.41) is 7.56. The highest BCUT2D eigenvalue weighted by molar-refractivity contribution is 6.34. The third-order valence-corrected chi connectivity index (χ3v) is 4.21. The van der Waals surface area contributed by atoms with Crippen LogP contribution in [0.15, 0.2) is 30.5 Å². The molecule has 0 atom stereocenters. The van der Waals surface area contributed by atoms with E-state index in [1.165, 1.54) is 12.8 Å². The normalized spacial score (nSPS) is 14.5. The Labute approximate surface area is 147 Å². The molecule has 1 amide bonds. The fourth-order valence-electron chi connectivity index (χ4n) is 2.45. The lowest BCUT2D eigenvalue weighted by atomic mass is 10.1. The topological polar surface area (TPSA) is 56.2 Å². The molecule has 0 aliphatic heterocycles. The number of aromatic nitrogens is 2. The van der Waals surface area contributed by atoms with Crippen LogP contribution in [0.2, 0.25) is 5.02 Å². The first-order chi connectivity index (χ1) is 11.4. The van der Waals surface area contributed by atoms with E-state index in [4.69, 9.17) is 16.3 Å². The molecular formula is C18H22ClN3O2. The SMILES string of the molecule is CC(C)(C)n1nccc1NC(=O)c1c(Cl)cccc1OCC1CC1. The first kappa shape index (κ1) is 16.8. The molecule has 1 heterocycles. The van der Waals surface area contributed by atoms with Crippen molar-refractivity contribution in [2.45, 2.75) is 39.2 Å². The summed E-state index contributed by atoms with van der Waals surface area (Å²) < 4.78 is 7.58. The molecule has 2 aromatic rings. The molecule has 1 aromatic heterocycles. The first-order valence-corrected chi connectivity index (χ1v) is 8.51. The summed E-state index contributed by atoms with van der Waals surface area (Å²) in [6.45, 7) is 6.69. The minimum Gasteiger partial charge on any atom is -0.492 e. The molecule has 24 heavy (non-hydrogen) atoms. The summed E-state index contributed by atoms with van der Waals surface area (Å²) in [6, 6.07) is 7.04. The molecule has 1 fully saturated rings. The van der Waals surface area contributed by atoms with Gasteiger partial charge in [0.1, 0.15) is 17.1 Å². The molecule has 0 radical (unpaired) electrons. The number of amides is 1. The molecule has 0 bridgehead atoms. The summed E-state index contributed by atoms with van der Waals surface area (Å²) in [5.41, 5.74) is 0.124. The molecule has 6 heteroatoms. The molecule has 1 aliphatic rings. The number of hydrogen-bond acceptors (Lipinski definition) is 3. The molecular weight excluding hydrogens is 326 g/mol. The Kier molecular flexibility index (Phi) is 4.54. The maximum atomic E-state index is 12.8. The van der Waals surface area contributed by atoms with Crippen molar-refractivity contribution in [2.75, 3.05) is 11.9 Å². The van der Waals surface area contributed by atoms with Gasteiger partial charge < -0.3 is 10.1 Å². The van der Waals surface area contributed by atoms with E-state index < -0.39 is 0 Å². The van der Waals surface area contributed by atoms with Gasteiger partial charge in [0.2, 0.25) is 0 Å². The highest BCUT2D eigenvalue weighted by Crippen LogP contribution is 2.32. The van der Waals surface area contributed by atoms with Crippen molar-refractivity contribution in [1.82, 2.24) is 9.78 Å². The molecule has 1 aromatic carbocycles. The van der Waals surface area contributed by atoms with Gasteiger partial charge in [-0.05, 0) is 51.7 Å². The molecule has 1 N–H and O–H groups in total. The second-order valence-electron chi connectivity index (χ2n) is 7.12. The Morgan fingerprint density at radius 1 is 1.38 bits per heavy atom. The Bertz CT molecular complexity index is 745. The number of carbonyl (C=O) groups excluding carboxylic acids is 1. The van der Waals surface area contributed by atoms with Gasteiger partial charge in [0, 0.05) is 6.07 Å². The lowest BCUT2D eigenvalue weighted by Crippen LogP contribution is -2.27. The van der Waals surface area contributed by atoms with Crippen LogP contribution < -0.4 is 10.1 Å². The van der Waals surface area contributed by atoms with Gasteiger partial charge in [-0.25, -0.2) is 4.68 Å². The van der Waals surface area contributed by atoms with Gasteiger partial charge in [-0.2, -0.15) is 5.10 Å². The summed E-state index contributed by atoms with van der Waals surface area (Å²) in [6.07, 6.45) is 4.04. The zero-order chi connectivity index (χ0) is 17.3. The minimum absolute atomic E-state index is 0.238. The van der Waals surface area contributed by atoms with Gasteiger partial charge in [0.25, 0.3) is 5.91 Å². The number of halogens is 1. The quantitative estimate of drug-likeness (QED) is 0.875. The predicted molar refractivity (Wildman–Crippen MR) is 94.8 cm³/mol. The standard InChI is InChI=1S/C18H22ClN3O2/c1-18(2,3)22-15(9-10-20-22)21-17(23)16-13(19)5-4-6-14(16)24-11-12-7-8-12/h4-6,9-10,12H,7-8,11H2,1-3H3,(H,21,23). The van der Waals surface area contributed by atoms with Crippen LogP contribution in [0.5, 0.6) is 5.75 Å². The van der Waals surface area contributed by atoms with Crippen molar-refractivity contribution in [3.8, 4) is 5.75 Å². The Morgan fingerprint density at radius 2 is 2.12 bits per heavy atom. The van der Waals surface area contributed by atoms with E-state index in [1.54, 1.807) is 35.1 Å². The Balaban J connectivity index is 1.83. The van der Waals surface area contributed by atoms with E-state index in [1.807, 2.05) is 20.8 Å². The van der Waals surface area contributed by atoms with Crippen LogP contribution in [0.25, 0.3) is 0 Å². The number of hydrogen-bond donors (Lipinski definition) is 1. The van der Waals surface area contributed by atoms with Crippen molar-refractivity contribution >= 4 is 23.3 Å². The molecule has 0 unspecified atom stereocenters. The van der Waals surface area contributed by atoms with Crippen molar-refractivity contribution in [1.29, 1.82) is 0 Å². The number of rotatable bonds is 5. The monoisotopic (exact) mass is 347 g/mol. The highest BCUT2D eigenvalue weighted by atomic mass is 35.5. The summed E-state index contributed by atoms with van der Waals surface area (Å²) in [5.74, 6) is 1.45. The minimum atomic E-state index is -0.294. The number of benzene rings is 1. The fraction of sp³-hybridized carbons (Fsp3) is 0.444. The lowest BCUT2D eigenvalue weighted by Gasteiger charge is -2.22. The molecule has 0 saturated heterocycles. The van der Waals surface area contributed by atoms with E-state index in [-0.39, 0.29) is 11.4 Å². The van der Waals surface area contributed by atoms with Crippen LogP contribution in [0.1, 0.15) is 44.0 Å². The van der Waals surface area contributed by atoms with Gasteiger partial charge in [0.05, 0.1) is 23.4 Å². The smallest absolute Gasteiger partial charge is 0.262 e. The third kappa shape index (κ3) is 3.73. The molecule has 0 spiro atoms. The van der Waals surface area contributed by atoms with E-state index in [0.29, 0.717) is 34.7 Å². The van der Waals surface area contributed by atoms with Crippen molar-refractivity contribution in [3.63, 3.8) is 0 Å². The molecule has 1 saturated carbocycles. The average molecular weight is 348 g/mol. The fourth-order valence-corrected chi connectivity index (χ4v) is 2.70. The molecule has 5 nitrogen and oxygen atoms in total. The van der Waals surface area contributed by atoms with Crippen LogP contribution in [0.4, 0.5) is 5.82 Å². The highest BCUT2D eigenvalue weighted by Gasteiger charge is 2.25. The second-order valence-corrected chi connectivity index (χ2v) is 7.53. The summed E-state index contributed by atoms with van der Waals surface area (Å²) in [4.78, 5) is 12.8. The summed E-state index contributed by atoms with van der Waals surface area (Å²) >= 11 is 6.26. The zero-order valence-corrected chi connectivity index (χ0v) is 14.9. The van der Waals surface area contributed by atoms with E-state index >= 15 is 0 Å². The van der Waals surface area contributed by atoms with Crippen molar-refractivity contribution in [2.24, 2.45) is 5.92 Å². The number of nitrogens with one attached hydrogen (secondary N) is 1. The van der Waals surface area contributed by atoms with Crippen LogP contribution >= 0.6 is 11.6 Å². The first-order valence-electron chi connectivity index (χ1n) is 8.13. The van der Waals surface area contributed by atoms with Crippen LogP contribution in [0.3, 0.4) is 0 Å². The van der Waals surface area contributed by atoms with Crippen LogP contribution in [0, 0.1) is 5.92 Å². The Hall–Kier alpha value is -2.01.